The maximum Gasteiger partial charge on any atom is 0.131 e. The van der Waals surface area contributed by atoms with Gasteiger partial charge in [-0.15, -0.1) is 24.8 Å². The van der Waals surface area contributed by atoms with Crippen molar-refractivity contribution >= 4 is 30.6 Å². The number of hydrogen-bond acceptors (Lipinski definition) is 5. The van der Waals surface area contributed by atoms with Crippen LogP contribution in [0.2, 0.25) is 0 Å². The molecule has 138 valence electrons. The van der Waals surface area contributed by atoms with E-state index in [1.165, 1.54) is 0 Å². The van der Waals surface area contributed by atoms with E-state index >= 15 is 0 Å². The summed E-state index contributed by atoms with van der Waals surface area (Å²) in [4.78, 5) is 4.12. The van der Waals surface area contributed by atoms with E-state index in [1.807, 2.05) is 31.2 Å². The highest BCUT2D eigenvalue weighted by Crippen LogP contribution is 2.39. The Balaban J connectivity index is 0.00000156. The van der Waals surface area contributed by atoms with E-state index < -0.39 is 0 Å². The molecule has 0 saturated carbocycles. The minimum Gasteiger partial charge on any atom is -0.493 e. The summed E-state index contributed by atoms with van der Waals surface area (Å²) in [5, 5.41) is 0. The van der Waals surface area contributed by atoms with Crippen LogP contribution in [0, 0.1) is 5.92 Å². The third-order valence-corrected chi connectivity index (χ3v) is 3.94. The zero-order valence-electron chi connectivity index (χ0n) is 14.4. The first-order chi connectivity index (χ1) is 11.0. The summed E-state index contributed by atoms with van der Waals surface area (Å²) in [5.41, 5.74) is 14.8. The highest BCUT2D eigenvalue weighted by atomic mass is 35.5. The predicted octanol–water partition coefficient (Wildman–Crippen LogP) is 3.82. The Morgan fingerprint density at radius 3 is 2.68 bits per heavy atom. The molecule has 2 heterocycles. The Bertz CT molecular complexity index is 711. The number of ether oxygens (including phenoxy) is 2. The molecule has 4 N–H and O–H groups in total. The van der Waals surface area contributed by atoms with Crippen LogP contribution in [0.4, 0.5) is 5.82 Å². The smallest absolute Gasteiger partial charge is 0.131 e. The van der Waals surface area contributed by atoms with Gasteiger partial charge in [-0.05, 0) is 43.0 Å². The van der Waals surface area contributed by atoms with Gasteiger partial charge in [0.2, 0.25) is 0 Å². The molecule has 0 radical (unpaired) electrons. The van der Waals surface area contributed by atoms with Gasteiger partial charge in [0.25, 0.3) is 0 Å². The Morgan fingerprint density at radius 1 is 1.20 bits per heavy atom. The molecule has 2 aromatic rings. The second-order valence-corrected chi connectivity index (χ2v) is 6.34. The molecule has 0 bridgehead atoms. The normalized spacial score (nSPS) is 13.9. The minimum absolute atomic E-state index is 0. The summed E-state index contributed by atoms with van der Waals surface area (Å²) < 4.78 is 11.7. The van der Waals surface area contributed by atoms with E-state index in [1.54, 1.807) is 6.20 Å². The highest BCUT2D eigenvalue weighted by Gasteiger charge is 2.19. The molecule has 25 heavy (non-hydrogen) atoms. The number of halogens is 2. The van der Waals surface area contributed by atoms with E-state index in [0.717, 1.165) is 34.6 Å². The number of nitrogens with two attached hydrogens (primary N) is 2. The number of nitrogens with zero attached hydrogens (tertiary/aromatic N) is 1. The third-order valence-electron chi connectivity index (χ3n) is 3.94. The number of fused-ring (bicyclic) bond motifs is 3. The maximum atomic E-state index is 5.87. The fourth-order valence-corrected chi connectivity index (χ4v) is 2.90. The zero-order chi connectivity index (χ0) is 16.4. The van der Waals surface area contributed by atoms with Crippen molar-refractivity contribution in [1.29, 1.82) is 0 Å². The first-order valence-corrected chi connectivity index (χ1v) is 7.93. The monoisotopic (exact) mass is 385 g/mol. The van der Waals surface area contributed by atoms with Gasteiger partial charge in [-0.3, -0.25) is 0 Å². The average molecular weight is 386 g/mol. The molecule has 7 heteroatoms. The highest BCUT2D eigenvalue weighted by molar-refractivity contribution is 5.85. The maximum absolute atomic E-state index is 5.87. The van der Waals surface area contributed by atoms with Gasteiger partial charge in [0.05, 0.1) is 6.61 Å². The summed E-state index contributed by atoms with van der Waals surface area (Å²) in [7, 11) is 0. The van der Waals surface area contributed by atoms with Crippen molar-refractivity contribution in [3.05, 3.63) is 36.0 Å². The fourth-order valence-electron chi connectivity index (χ4n) is 2.90. The summed E-state index contributed by atoms with van der Waals surface area (Å²) in [6.45, 7) is 5.31. The number of rotatable bonds is 5. The molecule has 5 nitrogen and oxygen atoms in total. The molecule has 3 rings (SSSR count). The molecule has 0 amide bonds. The van der Waals surface area contributed by atoms with Crippen molar-refractivity contribution in [2.24, 2.45) is 11.7 Å². The summed E-state index contributed by atoms with van der Waals surface area (Å²) in [5.74, 6) is 2.56. The molecule has 0 aliphatic carbocycles. The predicted molar refractivity (Wildman–Crippen MR) is 106 cm³/mol. The lowest BCUT2D eigenvalue weighted by Gasteiger charge is -2.22. The molecular formula is C18H25Cl2N3O2. The Labute approximate surface area is 160 Å². The van der Waals surface area contributed by atoms with Gasteiger partial charge < -0.3 is 20.9 Å². The number of hydrogen-bond donors (Lipinski definition) is 2. The molecule has 1 aromatic heterocycles. The van der Waals surface area contributed by atoms with Crippen LogP contribution < -0.4 is 20.9 Å². The Morgan fingerprint density at radius 2 is 1.96 bits per heavy atom. The number of benzene rings is 1. The first-order valence-electron chi connectivity index (χ1n) is 7.93. The van der Waals surface area contributed by atoms with Crippen molar-refractivity contribution in [1.82, 2.24) is 4.98 Å². The van der Waals surface area contributed by atoms with Crippen LogP contribution in [0.5, 0.6) is 11.5 Å². The summed E-state index contributed by atoms with van der Waals surface area (Å²) in [6, 6.07) is 8.00. The first kappa shape index (κ1) is 21.4. The largest absolute Gasteiger partial charge is 0.493 e. The Hall–Kier alpha value is -1.69. The van der Waals surface area contributed by atoms with Crippen LogP contribution in [-0.2, 0) is 6.61 Å². The van der Waals surface area contributed by atoms with Crippen LogP contribution in [0.1, 0.15) is 25.8 Å². The molecule has 0 saturated heterocycles. The van der Waals surface area contributed by atoms with Crippen LogP contribution in [0.25, 0.3) is 11.1 Å². The topological polar surface area (TPSA) is 83.4 Å². The van der Waals surface area contributed by atoms with Crippen LogP contribution >= 0.6 is 24.8 Å². The third kappa shape index (κ3) is 5.14. The van der Waals surface area contributed by atoms with Crippen LogP contribution in [0.15, 0.2) is 30.5 Å². The van der Waals surface area contributed by atoms with Crippen molar-refractivity contribution in [2.45, 2.75) is 32.9 Å². The number of pyridine rings is 1. The summed E-state index contributed by atoms with van der Waals surface area (Å²) >= 11 is 0. The van der Waals surface area contributed by atoms with Crippen LogP contribution in [0.3, 0.4) is 0 Å². The molecule has 2 unspecified atom stereocenters. The van der Waals surface area contributed by atoms with Gasteiger partial charge in [-0.2, -0.15) is 0 Å². The number of nitrogen functional groups attached to an aromatic ring is 1. The lowest BCUT2D eigenvalue weighted by Crippen LogP contribution is -2.21. The van der Waals surface area contributed by atoms with E-state index in [0.29, 0.717) is 24.9 Å². The SMILES string of the molecule is CC(N)CC(C)COc1ccc2c(c1)OCc1cnc(N)cc1-2.Cl.Cl. The van der Waals surface area contributed by atoms with E-state index in [4.69, 9.17) is 20.9 Å². The van der Waals surface area contributed by atoms with Gasteiger partial charge >= 0.3 is 0 Å². The quantitative estimate of drug-likeness (QED) is 0.816. The minimum atomic E-state index is 0. The second-order valence-electron chi connectivity index (χ2n) is 6.34. The van der Waals surface area contributed by atoms with Crippen molar-refractivity contribution in [3.8, 4) is 22.6 Å². The molecule has 0 fully saturated rings. The average Bonchev–Trinajstić information content (AvgIpc) is 2.51. The molecule has 2 atom stereocenters. The second kappa shape index (κ2) is 9.13. The fraction of sp³-hybridized carbons (Fsp3) is 0.389. The number of anilines is 1. The van der Waals surface area contributed by atoms with Crippen LogP contribution in [-0.4, -0.2) is 17.6 Å². The molecule has 0 spiro atoms. The van der Waals surface area contributed by atoms with E-state index in [2.05, 4.69) is 11.9 Å². The molecular weight excluding hydrogens is 361 g/mol. The molecule has 1 aromatic carbocycles. The van der Waals surface area contributed by atoms with Crippen molar-refractivity contribution in [2.75, 3.05) is 12.3 Å². The van der Waals surface area contributed by atoms with Gasteiger partial charge in [-0.1, -0.05) is 6.92 Å². The standard InChI is InChI=1S/C18H23N3O2.2ClH/c1-11(5-12(2)19)9-22-14-3-4-15-16-7-18(20)21-8-13(16)10-23-17(15)6-14;;/h3-4,6-8,11-12H,5,9-10,19H2,1-2H3,(H2,20,21);2*1H. The number of aromatic nitrogens is 1. The van der Waals surface area contributed by atoms with Crippen molar-refractivity contribution in [3.63, 3.8) is 0 Å². The van der Waals surface area contributed by atoms with E-state index in [-0.39, 0.29) is 30.9 Å². The van der Waals surface area contributed by atoms with Gasteiger partial charge in [0, 0.05) is 29.4 Å². The Kier molecular flexibility index (Phi) is 7.80. The van der Waals surface area contributed by atoms with Gasteiger partial charge in [0.1, 0.15) is 23.9 Å². The lowest BCUT2D eigenvalue weighted by atomic mass is 9.98. The lowest BCUT2D eigenvalue weighted by molar-refractivity contribution is 0.243. The van der Waals surface area contributed by atoms with Gasteiger partial charge in [-0.25, -0.2) is 4.98 Å². The zero-order valence-corrected chi connectivity index (χ0v) is 16.0. The van der Waals surface area contributed by atoms with Gasteiger partial charge in [0.15, 0.2) is 0 Å². The molecule has 1 aliphatic rings. The molecule has 1 aliphatic heterocycles. The van der Waals surface area contributed by atoms with E-state index in [9.17, 15) is 0 Å². The summed E-state index contributed by atoms with van der Waals surface area (Å²) in [6.07, 6.45) is 2.72. The van der Waals surface area contributed by atoms with Crippen molar-refractivity contribution < 1.29 is 9.47 Å².